The lowest BCUT2D eigenvalue weighted by Gasteiger charge is -2.13. The van der Waals surface area contributed by atoms with Gasteiger partial charge in [-0.05, 0) is 24.1 Å². The number of H-pyrrole nitrogens is 1. The van der Waals surface area contributed by atoms with E-state index in [4.69, 9.17) is 0 Å². The maximum Gasteiger partial charge on any atom is 0.251 e. The van der Waals surface area contributed by atoms with Gasteiger partial charge in [0.05, 0.1) is 18.0 Å². The lowest BCUT2D eigenvalue weighted by Crippen LogP contribution is -2.14. The van der Waals surface area contributed by atoms with Crippen molar-refractivity contribution in [2.75, 3.05) is 11.6 Å². The highest BCUT2D eigenvalue weighted by Crippen LogP contribution is 2.21. The van der Waals surface area contributed by atoms with E-state index in [1.54, 1.807) is 0 Å². The predicted molar refractivity (Wildman–Crippen MR) is 91.3 cm³/mol. The second-order valence-corrected chi connectivity index (χ2v) is 7.69. The number of sulfone groups is 1. The molecule has 124 valence electrons. The third-order valence-electron chi connectivity index (χ3n) is 3.50. The molecule has 0 saturated heterocycles. The fourth-order valence-corrected chi connectivity index (χ4v) is 3.20. The molecule has 6 nitrogen and oxygen atoms in total. The molecule has 2 rings (SSSR count). The minimum atomic E-state index is -3.08. The van der Waals surface area contributed by atoms with Crippen LogP contribution in [0.2, 0.25) is 0 Å². The predicted octanol–water partition coefficient (Wildman–Crippen LogP) is 1.80. The summed E-state index contributed by atoms with van der Waals surface area (Å²) in [6, 6.07) is 6.97. The molecule has 0 aliphatic heterocycles. The van der Waals surface area contributed by atoms with Crippen LogP contribution in [0.5, 0.6) is 0 Å². The molecule has 7 heteroatoms. The summed E-state index contributed by atoms with van der Waals surface area (Å²) < 4.78 is 23.0. The van der Waals surface area contributed by atoms with Crippen LogP contribution in [0.1, 0.15) is 29.6 Å². The summed E-state index contributed by atoms with van der Waals surface area (Å²) in [5.74, 6) is 0.661. The number of rotatable bonds is 6. The van der Waals surface area contributed by atoms with E-state index in [0.29, 0.717) is 24.5 Å². The number of hydrogen-bond acceptors (Lipinski definition) is 5. The van der Waals surface area contributed by atoms with Crippen LogP contribution in [0.4, 0.5) is 5.69 Å². The molecule has 0 radical (unpaired) electrons. The second-order valence-electron chi connectivity index (χ2n) is 5.55. The molecular weight excluding hydrogens is 314 g/mol. The molecule has 1 heterocycles. The Labute approximate surface area is 135 Å². The summed E-state index contributed by atoms with van der Waals surface area (Å²) >= 11 is 0. The first-order chi connectivity index (χ1) is 10.8. The number of hydrogen-bond donors (Lipinski definition) is 2. The molecule has 0 bridgehead atoms. The van der Waals surface area contributed by atoms with Crippen molar-refractivity contribution in [3.63, 3.8) is 0 Å². The molecule has 0 unspecified atom stereocenters. The van der Waals surface area contributed by atoms with Gasteiger partial charge in [-0.2, -0.15) is 0 Å². The summed E-state index contributed by atoms with van der Waals surface area (Å²) in [6.07, 6.45) is 1.88. The van der Waals surface area contributed by atoms with Gasteiger partial charge in [0.2, 0.25) is 0 Å². The number of anilines is 1. The molecule has 2 N–H and O–H groups in total. The van der Waals surface area contributed by atoms with Gasteiger partial charge in [0.15, 0.2) is 9.84 Å². The zero-order valence-corrected chi connectivity index (χ0v) is 14.3. The lowest BCUT2D eigenvalue weighted by molar-refractivity contribution is 0.601. The van der Waals surface area contributed by atoms with Crippen molar-refractivity contribution in [1.82, 2.24) is 9.97 Å². The summed E-state index contributed by atoms with van der Waals surface area (Å²) in [5.41, 5.74) is 2.98. The number of aromatic amines is 1. The van der Waals surface area contributed by atoms with E-state index in [0.717, 1.165) is 16.8 Å². The van der Waals surface area contributed by atoms with Gasteiger partial charge in [-0.3, -0.25) is 4.79 Å². The molecule has 1 aromatic heterocycles. The van der Waals surface area contributed by atoms with E-state index in [9.17, 15) is 13.2 Å². The molecule has 1 aromatic carbocycles. The van der Waals surface area contributed by atoms with Crippen LogP contribution in [-0.2, 0) is 28.6 Å². The Kier molecular flexibility index (Phi) is 5.20. The van der Waals surface area contributed by atoms with Crippen LogP contribution in [0, 0.1) is 6.92 Å². The van der Waals surface area contributed by atoms with E-state index < -0.39 is 9.84 Å². The molecule has 0 fully saturated rings. The van der Waals surface area contributed by atoms with E-state index in [1.165, 1.54) is 12.3 Å². The lowest BCUT2D eigenvalue weighted by atomic mass is 10.1. The molecule has 0 aliphatic carbocycles. The topological polar surface area (TPSA) is 91.9 Å². The zero-order valence-electron chi connectivity index (χ0n) is 13.5. The van der Waals surface area contributed by atoms with Gasteiger partial charge in [-0.25, -0.2) is 13.4 Å². The summed E-state index contributed by atoms with van der Waals surface area (Å²) in [5, 5.41) is 3.22. The Morgan fingerprint density at radius 2 is 2.04 bits per heavy atom. The number of nitrogens with zero attached hydrogens (tertiary/aromatic N) is 1. The van der Waals surface area contributed by atoms with Gasteiger partial charge in [0.1, 0.15) is 5.82 Å². The van der Waals surface area contributed by atoms with Crippen LogP contribution >= 0.6 is 0 Å². The van der Waals surface area contributed by atoms with Gasteiger partial charge in [0, 0.05) is 24.4 Å². The van der Waals surface area contributed by atoms with Crippen molar-refractivity contribution < 1.29 is 8.42 Å². The van der Waals surface area contributed by atoms with Crippen molar-refractivity contribution >= 4 is 15.5 Å². The Morgan fingerprint density at radius 3 is 2.70 bits per heavy atom. The molecule has 23 heavy (non-hydrogen) atoms. The average molecular weight is 335 g/mol. The second kappa shape index (κ2) is 6.95. The molecular formula is C16H21N3O3S. The van der Waals surface area contributed by atoms with Crippen molar-refractivity contribution in [3.8, 4) is 0 Å². The molecule has 0 saturated carbocycles. The normalized spacial score (nSPS) is 11.4. The molecule has 0 amide bonds. The quantitative estimate of drug-likeness (QED) is 0.840. The monoisotopic (exact) mass is 335 g/mol. The molecule has 0 atom stereocenters. The first-order valence-corrected chi connectivity index (χ1v) is 9.43. The number of benzene rings is 1. The fraction of sp³-hybridized carbons (Fsp3) is 0.375. The highest BCUT2D eigenvalue weighted by molar-refractivity contribution is 7.89. The summed E-state index contributed by atoms with van der Waals surface area (Å²) in [7, 11) is -3.08. The first-order valence-electron chi connectivity index (χ1n) is 7.37. The Morgan fingerprint density at radius 1 is 1.30 bits per heavy atom. The Hall–Kier alpha value is -2.15. The maximum atomic E-state index is 11.6. The SMILES string of the molecule is CCc1nc(CNc2cccc(CS(C)(=O)=O)c2C)cc(=O)[nH]1. The maximum absolute atomic E-state index is 11.6. The van der Waals surface area contributed by atoms with Crippen LogP contribution in [0.3, 0.4) is 0 Å². The standard InChI is InChI=1S/C16H21N3O3S/c1-4-15-18-13(8-16(20)19-15)9-17-14-7-5-6-12(11(14)2)10-23(3,21)22/h5-8,17H,4,9-10H2,1-3H3,(H,18,19,20). The van der Waals surface area contributed by atoms with Gasteiger partial charge in [0.25, 0.3) is 5.56 Å². The van der Waals surface area contributed by atoms with Gasteiger partial charge < -0.3 is 10.3 Å². The summed E-state index contributed by atoms with van der Waals surface area (Å²) in [6.45, 7) is 4.21. The minimum absolute atomic E-state index is 0.0115. The fourth-order valence-electron chi connectivity index (χ4n) is 2.32. The van der Waals surface area contributed by atoms with E-state index in [1.807, 2.05) is 32.0 Å². The van der Waals surface area contributed by atoms with Crippen LogP contribution in [-0.4, -0.2) is 24.6 Å². The first kappa shape index (κ1) is 17.2. The van der Waals surface area contributed by atoms with Gasteiger partial charge in [-0.1, -0.05) is 19.1 Å². The van der Waals surface area contributed by atoms with Crippen molar-refractivity contribution in [1.29, 1.82) is 0 Å². The minimum Gasteiger partial charge on any atom is -0.379 e. The van der Waals surface area contributed by atoms with Crippen LogP contribution in [0.15, 0.2) is 29.1 Å². The van der Waals surface area contributed by atoms with Crippen LogP contribution < -0.4 is 10.9 Å². The van der Waals surface area contributed by atoms with Gasteiger partial charge >= 0.3 is 0 Å². The van der Waals surface area contributed by atoms with E-state index >= 15 is 0 Å². The Bertz CT molecular complexity index is 857. The Balaban J connectivity index is 2.20. The van der Waals surface area contributed by atoms with Crippen molar-refractivity contribution in [2.24, 2.45) is 0 Å². The smallest absolute Gasteiger partial charge is 0.251 e. The van der Waals surface area contributed by atoms with Crippen molar-refractivity contribution in [3.05, 3.63) is 57.3 Å². The number of nitrogens with one attached hydrogen (secondary N) is 2. The number of aryl methyl sites for hydroxylation is 1. The van der Waals surface area contributed by atoms with E-state index in [-0.39, 0.29) is 11.3 Å². The molecule has 0 aliphatic rings. The third-order valence-corrected chi connectivity index (χ3v) is 4.34. The van der Waals surface area contributed by atoms with Gasteiger partial charge in [-0.15, -0.1) is 0 Å². The third kappa shape index (κ3) is 4.92. The van der Waals surface area contributed by atoms with Crippen LogP contribution in [0.25, 0.3) is 0 Å². The number of aromatic nitrogens is 2. The zero-order chi connectivity index (χ0) is 17.0. The largest absolute Gasteiger partial charge is 0.379 e. The highest BCUT2D eigenvalue weighted by Gasteiger charge is 2.10. The molecule has 2 aromatic rings. The van der Waals surface area contributed by atoms with Crippen molar-refractivity contribution in [2.45, 2.75) is 32.6 Å². The van der Waals surface area contributed by atoms with E-state index in [2.05, 4.69) is 15.3 Å². The summed E-state index contributed by atoms with van der Waals surface area (Å²) in [4.78, 5) is 18.6. The molecule has 0 spiro atoms. The average Bonchev–Trinajstić information content (AvgIpc) is 2.46. The highest BCUT2D eigenvalue weighted by atomic mass is 32.2.